The van der Waals surface area contributed by atoms with Crippen molar-refractivity contribution in [1.29, 1.82) is 0 Å². The normalized spacial score (nSPS) is 23.4. The summed E-state index contributed by atoms with van der Waals surface area (Å²) in [7, 11) is 0. The quantitative estimate of drug-likeness (QED) is 0.444. The molecule has 0 heterocycles. The van der Waals surface area contributed by atoms with E-state index in [-0.39, 0.29) is 32.7 Å². The molecular weight excluding hydrogens is 316 g/mol. The lowest BCUT2D eigenvalue weighted by atomic mass is 9.75. The van der Waals surface area contributed by atoms with Gasteiger partial charge in [0.25, 0.3) is 0 Å². The molecule has 2 atom stereocenters. The monoisotopic (exact) mass is 336 g/mol. The summed E-state index contributed by atoms with van der Waals surface area (Å²) in [4.78, 5) is 34.3. The van der Waals surface area contributed by atoms with E-state index in [1.807, 2.05) is 30.3 Å². The molecule has 0 aromatic heterocycles. The number of ether oxygens (including phenoxy) is 2. The highest BCUT2D eigenvalue weighted by molar-refractivity contribution is 5.78. The van der Waals surface area contributed by atoms with Crippen molar-refractivity contribution in [2.45, 2.75) is 25.9 Å². The summed E-state index contributed by atoms with van der Waals surface area (Å²) in [5.74, 6) is -5.20. The Balaban J connectivity index is 1.81. The van der Waals surface area contributed by atoms with Gasteiger partial charge in [0.05, 0.1) is 24.4 Å². The minimum atomic E-state index is -1.08. The van der Waals surface area contributed by atoms with E-state index in [0.717, 1.165) is 5.56 Å². The summed E-state index contributed by atoms with van der Waals surface area (Å²) in [5.41, 5.74) is 0.933. The third-order valence-electron chi connectivity index (χ3n) is 4.13. The molecule has 1 saturated carbocycles. The summed E-state index contributed by atoms with van der Waals surface area (Å²) >= 11 is 0. The maximum Gasteiger partial charge on any atom is 0.311 e. The molecule has 2 rings (SSSR count). The fourth-order valence-electron chi connectivity index (χ4n) is 2.87. The molecule has 1 aliphatic carbocycles. The molecule has 1 aromatic carbocycles. The van der Waals surface area contributed by atoms with Gasteiger partial charge in [-0.25, -0.2) is 0 Å². The van der Waals surface area contributed by atoms with Crippen molar-refractivity contribution in [3.63, 3.8) is 0 Å². The van der Waals surface area contributed by atoms with Crippen molar-refractivity contribution in [2.24, 2.45) is 17.8 Å². The Bertz CT molecular complexity index is 562. The second-order valence-corrected chi connectivity index (χ2v) is 5.89. The molecule has 7 heteroatoms. The van der Waals surface area contributed by atoms with Crippen LogP contribution in [0.1, 0.15) is 24.8 Å². The predicted molar refractivity (Wildman–Crippen MR) is 81.8 cm³/mol. The lowest BCUT2D eigenvalue weighted by Crippen LogP contribution is -2.35. The number of aliphatic carboxylic acids is 2. The minimum absolute atomic E-state index is 0.0406. The van der Waals surface area contributed by atoms with E-state index in [2.05, 4.69) is 0 Å². The molecule has 1 aromatic rings. The Hall–Kier alpha value is -2.41. The van der Waals surface area contributed by atoms with Crippen molar-refractivity contribution in [3.05, 3.63) is 35.9 Å². The van der Waals surface area contributed by atoms with Crippen LogP contribution < -0.4 is 0 Å². The van der Waals surface area contributed by atoms with Crippen molar-refractivity contribution in [1.82, 2.24) is 0 Å². The summed E-state index contributed by atoms with van der Waals surface area (Å²) in [6.45, 7) is 0.0357. The summed E-state index contributed by atoms with van der Waals surface area (Å²) in [6.07, 6.45) is 0.228. The van der Waals surface area contributed by atoms with Crippen molar-refractivity contribution < 1.29 is 34.1 Å². The second-order valence-electron chi connectivity index (χ2n) is 5.89. The standard InChI is InChI=1S/C17H20O7/c18-15(19)12-6-13(16(20)21)8-14(7-12)17(22)24-10-23-9-11-4-2-1-3-5-11/h1-5,12-14H,6-10H2,(H,18,19)(H,20,21). The maximum absolute atomic E-state index is 12.1. The highest BCUT2D eigenvalue weighted by atomic mass is 16.7. The van der Waals surface area contributed by atoms with Gasteiger partial charge in [-0.05, 0) is 24.8 Å². The Morgan fingerprint density at radius 3 is 2.00 bits per heavy atom. The van der Waals surface area contributed by atoms with Gasteiger partial charge < -0.3 is 19.7 Å². The maximum atomic E-state index is 12.1. The molecular formula is C17H20O7. The van der Waals surface area contributed by atoms with Crippen LogP contribution in [0.25, 0.3) is 0 Å². The van der Waals surface area contributed by atoms with E-state index in [1.54, 1.807) is 0 Å². The molecule has 0 spiro atoms. The van der Waals surface area contributed by atoms with Crippen LogP contribution in [0, 0.1) is 17.8 Å². The van der Waals surface area contributed by atoms with Gasteiger partial charge in [-0.1, -0.05) is 30.3 Å². The van der Waals surface area contributed by atoms with Gasteiger partial charge in [0.2, 0.25) is 0 Å². The number of benzene rings is 1. The largest absolute Gasteiger partial charge is 0.481 e. The van der Waals surface area contributed by atoms with Crippen LogP contribution in [-0.4, -0.2) is 34.9 Å². The first-order chi connectivity index (χ1) is 11.5. The zero-order valence-electron chi connectivity index (χ0n) is 13.1. The van der Waals surface area contributed by atoms with E-state index in [9.17, 15) is 14.4 Å². The first-order valence-corrected chi connectivity index (χ1v) is 7.71. The van der Waals surface area contributed by atoms with Gasteiger partial charge in [0.15, 0.2) is 6.79 Å². The second kappa shape index (κ2) is 8.44. The van der Waals surface area contributed by atoms with Gasteiger partial charge in [-0.15, -0.1) is 0 Å². The molecule has 7 nitrogen and oxygen atoms in total. The number of carbonyl (C=O) groups excluding carboxylic acids is 1. The third kappa shape index (κ3) is 5.06. The van der Waals surface area contributed by atoms with E-state index in [4.69, 9.17) is 19.7 Å². The summed E-state index contributed by atoms with van der Waals surface area (Å²) < 4.78 is 10.3. The third-order valence-corrected chi connectivity index (χ3v) is 4.13. The van der Waals surface area contributed by atoms with Gasteiger partial charge in [-0.3, -0.25) is 14.4 Å². The molecule has 2 unspecified atom stereocenters. The van der Waals surface area contributed by atoms with Crippen LogP contribution >= 0.6 is 0 Å². The van der Waals surface area contributed by atoms with Crippen LogP contribution in [0.5, 0.6) is 0 Å². The van der Waals surface area contributed by atoms with E-state index in [0.29, 0.717) is 0 Å². The van der Waals surface area contributed by atoms with Crippen molar-refractivity contribution in [2.75, 3.05) is 6.79 Å². The lowest BCUT2D eigenvalue weighted by molar-refractivity contribution is -0.166. The van der Waals surface area contributed by atoms with Gasteiger partial charge in [0, 0.05) is 0 Å². The average molecular weight is 336 g/mol. The zero-order chi connectivity index (χ0) is 17.5. The van der Waals surface area contributed by atoms with Crippen LogP contribution in [0.15, 0.2) is 30.3 Å². The van der Waals surface area contributed by atoms with E-state index in [1.165, 1.54) is 0 Å². The van der Waals surface area contributed by atoms with Crippen molar-refractivity contribution in [3.8, 4) is 0 Å². The molecule has 0 aliphatic heterocycles. The van der Waals surface area contributed by atoms with Crippen LogP contribution in [-0.2, 0) is 30.5 Å². The molecule has 0 radical (unpaired) electrons. The Kier molecular flexibility index (Phi) is 6.31. The Morgan fingerprint density at radius 2 is 1.46 bits per heavy atom. The molecule has 1 fully saturated rings. The number of carbonyl (C=O) groups is 3. The van der Waals surface area contributed by atoms with Gasteiger partial charge in [-0.2, -0.15) is 0 Å². The van der Waals surface area contributed by atoms with Crippen LogP contribution in [0.3, 0.4) is 0 Å². The highest BCUT2D eigenvalue weighted by Gasteiger charge is 2.39. The number of carboxylic acid groups (broad SMARTS) is 2. The molecule has 0 bridgehead atoms. The molecule has 0 saturated heterocycles. The van der Waals surface area contributed by atoms with Gasteiger partial charge in [0.1, 0.15) is 0 Å². The number of hydrogen-bond donors (Lipinski definition) is 2. The van der Waals surface area contributed by atoms with Gasteiger partial charge >= 0.3 is 17.9 Å². The zero-order valence-corrected chi connectivity index (χ0v) is 13.1. The summed E-state index contributed by atoms with van der Waals surface area (Å²) in [6, 6.07) is 9.36. The smallest absolute Gasteiger partial charge is 0.311 e. The first-order valence-electron chi connectivity index (χ1n) is 7.71. The molecule has 24 heavy (non-hydrogen) atoms. The Labute approximate surface area is 139 Å². The number of rotatable bonds is 7. The molecule has 0 amide bonds. The van der Waals surface area contributed by atoms with Crippen LogP contribution in [0.4, 0.5) is 0 Å². The molecule has 1 aliphatic rings. The number of esters is 1. The van der Waals surface area contributed by atoms with Crippen molar-refractivity contribution >= 4 is 17.9 Å². The van der Waals surface area contributed by atoms with E-state index < -0.39 is 35.7 Å². The van der Waals surface area contributed by atoms with Crippen LogP contribution in [0.2, 0.25) is 0 Å². The summed E-state index contributed by atoms with van der Waals surface area (Å²) in [5, 5.41) is 18.2. The SMILES string of the molecule is O=C(O)C1CC(C(=O)O)CC(C(=O)OCOCc2ccccc2)C1. The first kappa shape index (κ1) is 17.9. The minimum Gasteiger partial charge on any atom is -0.481 e. The fourth-order valence-corrected chi connectivity index (χ4v) is 2.87. The topological polar surface area (TPSA) is 110 Å². The fraction of sp³-hybridized carbons (Fsp3) is 0.471. The predicted octanol–water partition coefficient (Wildman–Crippen LogP) is 1.91. The average Bonchev–Trinajstić information content (AvgIpc) is 2.59. The molecule has 130 valence electrons. The van der Waals surface area contributed by atoms with E-state index >= 15 is 0 Å². The number of carboxylic acids is 2. The lowest BCUT2D eigenvalue weighted by Gasteiger charge is -2.29. The highest BCUT2D eigenvalue weighted by Crippen LogP contribution is 2.34. The molecule has 2 N–H and O–H groups in total. The Morgan fingerprint density at radius 1 is 0.917 bits per heavy atom. The number of hydrogen-bond acceptors (Lipinski definition) is 5.